The van der Waals surface area contributed by atoms with E-state index >= 15 is 0 Å². The lowest BCUT2D eigenvalue weighted by Gasteiger charge is -2.15. The summed E-state index contributed by atoms with van der Waals surface area (Å²) >= 11 is 0. The molecule has 32 heavy (non-hydrogen) atoms. The van der Waals surface area contributed by atoms with Gasteiger partial charge in [-0.05, 0) is 44.2 Å². The summed E-state index contributed by atoms with van der Waals surface area (Å²) in [5.74, 6) is -0.760. The van der Waals surface area contributed by atoms with E-state index in [0.29, 0.717) is 16.9 Å². The molecule has 0 heterocycles. The number of carbonyl (C=O) groups excluding carboxylic acids is 3. The molecule has 6 heteroatoms. The number of carbonyl (C=O) groups is 3. The topological polar surface area (TPSA) is 89.9 Å². The van der Waals surface area contributed by atoms with Crippen molar-refractivity contribution in [2.75, 3.05) is 13.2 Å². The minimum absolute atomic E-state index is 0.0168. The molecule has 0 saturated heterocycles. The first kappa shape index (κ1) is 22.9. The van der Waals surface area contributed by atoms with Crippen molar-refractivity contribution in [1.82, 2.24) is 0 Å². The van der Waals surface area contributed by atoms with E-state index < -0.39 is 11.6 Å². The summed E-state index contributed by atoms with van der Waals surface area (Å²) in [5, 5.41) is 9.80. The number of esters is 1. The van der Waals surface area contributed by atoms with Gasteiger partial charge >= 0.3 is 5.97 Å². The molecule has 0 amide bonds. The molecular formula is C26H24O6. The number of ketones is 2. The van der Waals surface area contributed by atoms with Gasteiger partial charge in [-0.25, -0.2) is 4.79 Å². The van der Waals surface area contributed by atoms with Crippen molar-refractivity contribution in [1.29, 1.82) is 0 Å². The van der Waals surface area contributed by atoms with Crippen LogP contribution in [0.1, 0.15) is 50.5 Å². The van der Waals surface area contributed by atoms with Crippen LogP contribution >= 0.6 is 0 Å². The van der Waals surface area contributed by atoms with Crippen molar-refractivity contribution in [2.24, 2.45) is 0 Å². The minimum atomic E-state index is -1.45. The molecular weight excluding hydrogens is 408 g/mol. The first-order valence-corrected chi connectivity index (χ1v) is 10.1. The molecule has 0 saturated carbocycles. The van der Waals surface area contributed by atoms with E-state index in [1.165, 1.54) is 13.8 Å². The van der Waals surface area contributed by atoms with Crippen molar-refractivity contribution in [2.45, 2.75) is 19.4 Å². The van der Waals surface area contributed by atoms with Crippen LogP contribution in [0.3, 0.4) is 0 Å². The summed E-state index contributed by atoms with van der Waals surface area (Å²) in [7, 11) is 0. The van der Waals surface area contributed by atoms with Gasteiger partial charge in [-0.3, -0.25) is 9.59 Å². The number of benzene rings is 3. The second kappa shape index (κ2) is 10.0. The zero-order valence-electron chi connectivity index (χ0n) is 17.9. The second-order valence-corrected chi connectivity index (χ2v) is 7.64. The van der Waals surface area contributed by atoms with Crippen LogP contribution in [0.15, 0.2) is 78.9 Å². The van der Waals surface area contributed by atoms with E-state index in [2.05, 4.69) is 0 Å². The standard InChI is InChI=1S/C26H24O6/c1-26(2,30)24(28)19-12-14-20(15-13-19)31-16-17-32-25(29)22-11-7-6-10-21(22)23(27)18-8-4-3-5-9-18/h3-15,30H,16-17H2,1-2H3. The molecule has 0 aliphatic rings. The van der Waals surface area contributed by atoms with Crippen molar-refractivity contribution in [3.63, 3.8) is 0 Å². The number of hydrogen-bond donors (Lipinski definition) is 1. The normalized spacial score (nSPS) is 11.0. The lowest BCUT2D eigenvalue weighted by Crippen LogP contribution is -2.30. The van der Waals surface area contributed by atoms with Crippen molar-refractivity contribution in [3.8, 4) is 5.75 Å². The van der Waals surface area contributed by atoms with E-state index in [1.807, 2.05) is 6.07 Å². The Morgan fingerprint density at radius 3 is 1.97 bits per heavy atom. The summed E-state index contributed by atoms with van der Waals surface area (Å²) in [6.45, 7) is 2.94. The zero-order chi connectivity index (χ0) is 23.1. The zero-order valence-corrected chi connectivity index (χ0v) is 17.9. The van der Waals surface area contributed by atoms with Gasteiger partial charge in [-0.1, -0.05) is 48.5 Å². The Kier molecular flexibility index (Phi) is 7.18. The van der Waals surface area contributed by atoms with Crippen LogP contribution in [0.2, 0.25) is 0 Å². The molecule has 0 aromatic heterocycles. The molecule has 0 aliphatic heterocycles. The summed E-state index contributed by atoms with van der Waals surface area (Å²) in [5.41, 5.74) is -0.125. The highest BCUT2D eigenvalue weighted by molar-refractivity contribution is 6.14. The molecule has 3 aromatic rings. The average Bonchev–Trinajstić information content (AvgIpc) is 2.81. The number of ether oxygens (including phenoxy) is 2. The summed E-state index contributed by atoms with van der Waals surface area (Å²) in [6.07, 6.45) is 0. The van der Waals surface area contributed by atoms with Crippen molar-refractivity contribution >= 4 is 17.5 Å². The maximum atomic E-state index is 12.8. The van der Waals surface area contributed by atoms with Crippen LogP contribution in [0.4, 0.5) is 0 Å². The maximum Gasteiger partial charge on any atom is 0.339 e. The van der Waals surface area contributed by atoms with Crippen LogP contribution in [-0.4, -0.2) is 41.5 Å². The Bertz CT molecular complexity index is 1100. The SMILES string of the molecule is CC(C)(O)C(=O)c1ccc(OCCOC(=O)c2ccccc2C(=O)c2ccccc2)cc1. The summed E-state index contributed by atoms with van der Waals surface area (Å²) in [6, 6.07) is 21.6. The first-order chi connectivity index (χ1) is 15.3. The second-order valence-electron chi connectivity index (χ2n) is 7.64. The van der Waals surface area contributed by atoms with Crippen molar-refractivity contribution < 1.29 is 29.0 Å². The van der Waals surface area contributed by atoms with Gasteiger partial charge in [-0.15, -0.1) is 0 Å². The predicted molar refractivity (Wildman–Crippen MR) is 119 cm³/mol. The van der Waals surface area contributed by atoms with E-state index in [9.17, 15) is 19.5 Å². The van der Waals surface area contributed by atoms with Gasteiger partial charge in [0.2, 0.25) is 0 Å². The highest BCUT2D eigenvalue weighted by atomic mass is 16.6. The molecule has 1 N–H and O–H groups in total. The monoisotopic (exact) mass is 432 g/mol. The molecule has 0 aliphatic carbocycles. The number of aliphatic hydroxyl groups is 1. The predicted octanol–water partition coefficient (Wildman–Crippen LogP) is 4.11. The third-order valence-electron chi connectivity index (χ3n) is 4.68. The maximum absolute atomic E-state index is 12.8. The van der Waals surface area contributed by atoms with Crippen LogP contribution in [0.5, 0.6) is 5.75 Å². The van der Waals surface area contributed by atoms with Gasteiger partial charge in [0.1, 0.15) is 24.6 Å². The Labute approximate surface area is 186 Å². The Morgan fingerprint density at radius 2 is 1.34 bits per heavy atom. The molecule has 0 fully saturated rings. The molecule has 3 aromatic carbocycles. The average molecular weight is 432 g/mol. The van der Waals surface area contributed by atoms with Gasteiger partial charge < -0.3 is 14.6 Å². The third kappa shape index (κ3) is 5.68. The fraction of sp³-hybridized carbons (Fsp3) is 0.192. The molecule has 0 spiro atoms. The third-order valence-corrected chi connectivity index (χ3v) is 4.68. The lowest BCUT2D eigenvalue weighted by molar-refractivity contribution is 0.0447. The van der Waals surface area contributed by atoms with Gasteiger partial charge in [0.05, 0.1) is 5.56 Å². The molecule has 3 rings (SSSR count). The van der Waals surface area contributed by atoms with Crippen LogP contribution in [0, 0.1) is 0 Å². The molecule has 6 nitrogen and oxygen atoms in total. The van der Waals surface area contributed by atoms with Gasteiger partial charge in [0, 0.05) is 16.7 Å². The van der Waals surface area contributed by atoms with E-state index in [1.54, 1.807) is 72.8 Å². The quantitative estimate of drug-likeness (QED) is 0.311. The molecule has 164 valence electrons. The largest absolute Gasteiger partial charge is 0.490 e. The molecule has 0 unspecified atom stereocenters. The number of hydrogen-bond acceptors (Lipinski definition) is 6. The van der Waals surface area contributed by atoms with Gasteiger partial charge in [0.15, 0.2) is 11.6 Å². The summed E-state index contributed by atoms with van der Waals surface area (Å²) in [4.78, 5) is 37.3. The fourth-order valence-corrected chi connectivity index (χ4v) is 3.03. The van der Waals surface area contributed by atoms with Crippen LogP contribution in [0.25, 0.3) is 0 Å². The molecule has 0 radical (unpaired) electrons. The Balaban J connectivity index is 1.56. The van der Waals surface area contributed by atoms with E-state index in [0.717, 1.165) is 0 Å². The lowest BCUT2D eigenvalue weighted by atomic mass is 9.97. The fourth-order valence-electron chi connectivity index (χ4n) is 3.03. The highest BCUT2D eigenvalue weighted by Gasteiger charge is 2.25. The smallest absolute Gasteiger partial charge is 0.339 e. The summed E-state index contributed by atoms with van der Waals surface area (Å²) < 4.78 is 10.8. The minimum Gasteiger partial charge on any atom is -0.490 e. The van der Waals surface area contributed by atoms with Gasteiger partial charge in [0.25, 0.3) is 0 Å². The van der Waals surface area contributed by atoms with Crippen LogP contribution < -0.4 is 4.74 Å². The molecule has 0 bridgehead atoms. The van der Waals surface area contributed by atoms with Gasteiger partial charge in [-0.2, -0.15) is 0 Å². The van der Waals surface area contributed by atoms with Crippen LogP contribution in [-0.2, 0) is 4.74 Å². The Hall–Kier alpha value is -3.77. The number of Topliss-reactive ketones (excluding diaryl/α,β-unsaturated/α-hetero) is 1. The molecule has 0 atom stereocenters. The Morgan fingerprint density at radius 1 is 0.750 bits per heavy atom. The first-order valence-electron chi connectivity index (χ1n) is 10.1. The number of rotatable bonds is 9. The highest BCUT2D eigenvalue weighted by Crippen LogP contribution is 2.18. The van der Waals surface area contributed by atoms with E-state index in [4.69, 9.17) is 9.47 Å². The van der Waals surface area contributed by atoms with E-state index in [-0.39, 0.29) is 35.9 Å². The van der Waals surface area contributed by atoms with Crippen molar-refractivity contribution in [3.05, 3.63) is 101 Å².